The zero-order chi connectivity index (χ0) is 21.9. The van der Waals surface area contributed by atoms with Crippen LogP contribution >= 0.6 is 0 Å². The lowest BCUT2D eigenvalue weighted by atomic mass is 10.0. The molecule has 1 saturated carbocycles. The van der Waals surface area contributed by atoms with Gasteiger partial charge in [0.15, 0.2) is 5.69 Å². The number of anilines is 1. The third kappa shape index (κ3) is 5.28. The van der Waals surface area contributed by atoms with Gasteiger partial charge in [-0.2, -0.15) is 18.3 Å². The Labute approximate surface area is 170 Å². The molecule has 164 valence electrons. The predicted octanol–water partition coefficient (Wildman–Crippen LogP) is 5.87. The number of alkyl halides is 3. The van der Waals surface area contributed by atoms with Crippen LogP contribution in [0.25, 0.3) is 0 Å². The Hall–Kier alpha value is -2.65. The summed E-state index contributed by atoms with van der Waals surface area (Å²) in [5, 5.41) is 5.88. The second-order valence-corrected chi connectivity index (χ2v) is 7.30. The fraction of sp³-hybridized carbons (Fsp3) is 0.500. The highest BCUT2D eigenvalue weighted by Gasteiger charge is 2.36. The predicted molar refractivity (Wildman–Crippen MR) is 99.0 cm³/mol. The molecule has 1 aliphatic rings. The summed E-state index contributed by atoms with van der Waals surface area (Å²) < 4.78 is 72.7. The number of benzene rings is 1. The largest absolute Gasteiger partial charge is 0.444 e. The zero-order valence-electron chi connectivity index (χ0n) is 16.3. The number of aromatic nitrogens is 2. The van der Waals surface area contributed by atoms with E-state index in [2.05, 4.69) is 10.4 Å². The summed E-state index contributed by atoms with van der Waals surface area (Å²) in [5.74, 6) is -1.78. The maximum atomic E-state index is 13.7. The number of ether oxygens (including phenoxy) is 1. The quantitative estimate of drug-likeness (QED) is 0.583. The molecule has 2 aromatic rings. The molecule has 1 aliphatic carbocycles. The lowest BCUT2D eigenvalue weighted by molar-refractivity contribution is -0.141. The first kappa shape index (κ1) is 22.0. The fourth-order valence-electron chi connectivity index (χ4n) is 3.59. The number of nitrogens with zero attached hydrogens (tertiary/aromatic N) is 2. The van der Waals surface area contributed by atoms with Crippen LogP contribution in [0.1, 0.15) is 56.3 Å². The summed E-state index contributed by atoms with van der Waals surface area (Å²) in [7, 11) is 0. The minimum atomic E-state index is -4.57. The van der Waals surface area contributed by atoms with E-state index in [-0.39, 0.29) is 18.2 Å². The summed E-state index contributed by atoms with van der Waals surface area (Å²) in [6.45, 7) is 1.65. The maximum absolute atomic E-state index is 13.7. The van der Waals surface area contributed by atoms with E-state index in [1.807, 2.05) is 0 Å². The van der Waals surface area contributed by atoms with Gasteiger partial charge in [0.2, 0.25) is 0 Å². The Balaban J connectivity index is 1.72. The van der Waals surface area contributed by atoms with E-state index < -0.39 is 35.7 Å². The van der Waals surface area contributed by atoms with Crippen LogP contribution < -0.4 is 5.32 Å². The van der Waals surface area contributed by atoms with Gasteiger partial charge >= 0.3 is 12.3 Å². The molecule has 3 rings (SSSR count). The monoisotopic (exact) mass is 431 g/mol. The number of amides is 1. The maximum Gasteiger partial charge on any atom is 0.435 e. The van der Waals surface area contributed by atoms with Crippen LogP contribution in [0.4, 0.5) is 32.4 Å². The van der Waals surface area contributed by atoms with Crippen molar-refractivity contribution in [1.29, 1.82) is 0 Å². The lowest BCUT2D eigenvalue weighted by Gasteiger charge is -2.20. The molecule has 0 spiro atoms. The minimum Gasteiger partial charge on any atom is -0.444 e. The van der Waals surface area contributed by atoms with Crippen LogP contribution in [-0.2, 0) is 17.5 Å². The van der Waals surface area contributed by atoms with Crippen LogP contribution in [0.15, 0.2) is 24.3 Å². The number of hydrogen-bond donors (Lipinski definition) is 1. The van der Waals surface area contributed by atoms with E-state index in [1.165, 1.54) is 4.68 Å². The van der Waals surface area contributed by atoms with Gasteiger partial charge in [-0.1, -0.05) is 19.8 Å². The number of hydrogen-bond acceptors (Lipinski definition) is 3. The molecular formula is C20H22F5N3O2. The normalized spacial score (nSPS) is 15.9. The molecule has 5 nitrogen and oxygen atoms in total. The average Bonchev–Trinajstić information content (AvgIpc) is 3.32. The molecular weight excluding hydrogens is 409 g/mol. The van der Waals surface area contributed by atoms with Gasteiger partial charge in [0.1, 0.15) is 17.7 Å². The van der Waals surface area contributed by atoms with Crippen molar-refractivity contribution in [3.63, 3.8) is 0 Å². The molecule has 0 radical (unpaired) electrons. The first-order chi connectivity index (χ1) is 14.2. The summed E-state index contributed by atoms with van der Waals surface area (Å²) in [4.78, 5) is 12.1. The van der Waals surface area contributed by atoms with Gasteiger partial charge in [-0.15, -0.1) is 0 Å². The molecule has 30 heavy (non-hydrogen) atoms. The summed E-state index contributed by atoms with van der Waals surface area (Å²) in [6, 6.07) is 3.71. The molecule has 1 atom stereocenters. The Morgan fingerprint density at radius 2 is 1.97 bits per heavy atom. The van der Waals surface area contributed by atoms with Crippen molar-refractivity contribution < 1.29 is 31.5 Å². The van der Waals surface area contributed by atoms with E-state index >= 15 is 0 Å². The topological polar surface area (TPSA) is 56.2 Å². The highest BCUT2D eigenvalue weighted by atomic mass is 19.4. The second-order valence-electron chi connectivity index (χ2n) is 7.30. The van der Waals surface area contributed by atoms with Crippen molar-refractivity contribution in [3.8, 4) is 0 Å². The molecule has 0 bridgehead atoms. The fourth-order valence-corrected chi connectivity index (χ4v) is 3.59. The van der Waals surface area contributed by atoms with Crippen molar-refractivity contribution in [2.24, 2.45) is 0 Å². The van der Waals surface area contributed by atoms with E-state index in [0.29, 0.717) is 18.2 Å². The van der Waals surface area contributed by atoms with Gasteiger partial charge in [0.05, 0.1) is 12.2 Å². The molecule has 0 aliphatic heterocycles. The molecule has 10 heteroatoms. The van der Waals surface area contributed by atoms with Crippen molar-refractivity contribution in [2.75, 3.05) is 5.32 Å². The number of halogens is 5. The molecule has 1 amide bonds. The number of carbonyl (C=O) groups is 1. The Kier molecular flexibility index (Phi) is 6.62. The van der Waals surface area contributed by atoms with Gasteiger partial charge < -0.3 is 4.74 Å². The highest BCUT2D eigenvalue weighted by molar-refractivity contribution is 5.84. The van der Waals surface area contributed by atoms with Gasteiger partial charge in [-0.05, 0) is 37.5 Å². The molecule has 0 unspecified atom stereocenters. The Morgan fingerprint density at radius 3 is 2.57 bits per heavy atom. The first-order valence-corrected chi connectivity index (χ1v) is 9.75. The molecule has 1 fully saturated rings. The van der Waals surface area contributed by atoms with Crippen molar-refractivity contribution in [2.45, 2.75) is 63.8 Å². The van der Waals surface area contributed by atoms with Gasteiger partial charge in [0, 0.05) is 17.7 Å². The summed E-state index contributed by atoms with van der Waals surface area (Å²) in [5.41, 5.74) is -0.759. The standard InChI is InChI=1S/C20H22F5N3O2/c1-2-14(30-19(29)26-16-8-7-13(21)9-15(16)22)11-28-17(12-5-3-4-6-12)10-18(27-28)20(23,24)25/h7-10,12,14H,2-6,11H2,1H3,(H,26,29)/t14-/m1/s1. The van der Waals surface area contributed by atoms with Gasteiger partial charge in [0.25, 0.3) is 0 Å². The van der Waals surface area contributed by atoms with Crippen molar-refractivity contribution in [3.05, 3.63) is 47.3 Å². The minimum absolute atomic E-state index is 0.0201. The van der Waals surface area contributed by atoms with E-state index in [4.69, 9.17) is 4.74 Å². The van der Waals surface area contributed by atoms with E-state index in [1.54, 1.807) is 6.92 Å². The Morgan fingerprint density at radius 1 is 1.27 bits per heavy atom. The molecule has 1 N–H and O–H groups in total. The first-order valence-electron chi connectivity index (χ1n) is 9.75. The third-order valence-corrected chi connectivity index (χ3v) is 5.15. The SMILES string of the molecule is CC[C@H](Cn1nc(C(F)(F)F)cc1C1CCCC1)OC(=O)Nc1ccc(F)cc1F. The van der Waals surface area contributed by atoms with E-state index in [9.17, 15) is 26.7 Å². The zero-order valence-corrected chi connectivity index (χ0v) is 16.3. The number of carbonyl (C=O) groups excluding carboxylic acids is 1. The molecule has 1 aromatic heterocycles. The highest BCUT2D eigenvalue weighted by Crippen LogP contribution is 2.37. The van der Waals surface area contributed by atoms with E-state index in [0.717, 1.165) is 43.9 Å². The molecule has 0 saturated heterocycles. The van der Waals surface area contributed by atoms with Crippen LogP contribution in [0, 0.1) is 11.6 Å². The van der Waals surface area contributed by atoms with Gasteiger partial charge in [-0.25, -0.2) is 13.6 Å². The lowest BCUT2D eigenvalue weighted by Crippen LogP contribution is -2.27. The van der Waals surface area contributed by atoms with Crippen molar-refractivity contribution in [1.82, 2.24) is 9.78 Å². The summed E-state index contributed by atoms with van der Waals surface area (Å²) >= 11 is 0. The molecule has 1 heterocycles. The number of rotatable bonds is 6. The van der Waals surface area contributed by atoms with Gasteiger partial charge in [-0.3, -0.25) is 10.00 Å². The van der Waals surface area contributed by atoms with Crippen LogP contribution in [0.5, 0.6) is 0 Å². The smallest absolute Gasteiger partial charge is 0.435 e. The third-order valence-electron chi connectivity index (χ3n) is 5.15. The number of nitrogens with one attached hydrogen (secondary N) is 1. The van der Waals surface area contributed by atoms with Crippen LogP contribution in [-0.4, -0.2) is 22.0 Å². The van der Waals surface area contributed by atoms with Crippen LogP contribution in [0.2, 0.25) is 0 Å². The Bertz CT molecular complexity index is 891. The van der Waals surface area contributed by atoms with Crippen LogP contribution in [0.3, 0.4) is 0 Å². The average molecular weight is 431 g/mol. The molecule has 1 aromatic carbocycles. The second kappa shape index (κ2) is 9.01. The van der Waals surface area contributed by atoms with Crippen molar-refractivity contribution >= 4 is 11.8 Å². The summed E-state index contributed by atoms with van der Waals surface area (Å²) in [6.07, 6.45) is -2.58.